The average Bonchev–Trinajstić information content (AvgIpc) is 3.04. The van der Waals surface area contributed by atoms with Gasteiger partial charge in [0.05, 0.1) is 172 Å². The Morgan fingerprint density at radius 1 is 0.378 bits per heavy atom. The van der Waals surface area contributed by atoms with Gasteiger partial charge < -0.3 is 66.9 Å². The first kappa shape index (κ1) is 43.9. The summed E-state index contributed by atoms with van der Waals surface area (Å²) in [5, 5.41) is 3.02. The standard InChI is InChI=1S/C30H61NO14/c1-3-45-30(32)4-6-33-8-10-35-12-14-37-16-18-39-20-22-41-24-26-43-28-29-44-27-25-42-23-21-40-19-17-38-15-13-36-11-9-34-7-5-31-2/h31H,3-29H2,1-2H3. The number of rotatable bonds is 40. The molecule has 15 nitrogen and oxygen atoms in total. The van der Waals surface area contributed by atoms with Crippen molar-refractivity contribution in [2.75, 3.05) is 179 Å². The zero-order valence-corrected chi connectivity index (χ0v) is 27.8. The third kappa shape index (κ3) is 40.9. The van der Waals surface area contributed by atoms with Gasteiger partial charge in [-0.05, 0) is 14.0 Å². The minimum absolute atomic E-state index is 0.251. The lowest BCUT2D eigenvalue weighted by Gasteiger charge is -2.09. The molecule has 270 valence electrons. The summed E-state index contributed by atoms with van der Waals surface area (Å²) in [6, 6.07) is 0. The van der Waals surface area contributed by atoms with Gasteiger partial charge in [0.25, 0.3) is 0 Å². The Kier molecular flexibility index (Phi) is 40.0. The largest absolute Gasteiger partial charge is 0.466 e. The Morgan fingerprint density at radius 2 is 0.600 bits per heavy atom. The van der Waals surface area contributed by atoms with Crippen LogP contribution in [0.15, 0.2) is 0 Å². The summed E-state index contributed by atoms with van der Waals surface area (Å²) in [6.45, 7) is 15.2. The van der Waals surface area contributed by atoms with E-state index in [1.165, 1.54) is 0 Å². The molecule has 0 saturated heterocycles. The smallest absolute Gasteiger partial charge is 0.308 e. The van der Waals surface area contributed by atoms with Gasteiger partial charge in [0.1, 0.15) is 0 Å². The molecule has 0 spiro atoms. The number of ether oxygens (including phenoxy) is 13. The van der Waals surface area contributed by atoms with Gasteiger partial charge >= 0.3 is 5.97 Å². The van der Waals surface area contributed by atoms with Crippen molar-refractivity contribution in [2.45, 2.75) is 13.3 Å². The first-order chi connectivity index (χ1) is 22.3. The van der Waals surface area contributed by atoms with E-state index in [-0.39, 0.29) is 12.4 Å². The van der Waals surface area contributed by atoms with Crippen molar-refractivity contribution in [3.05, 3.63) is 0 Å². The number of carbonyl (C=O) groups is 1. The second kappa shape index (κ2) is 41.0. The molecule has 0 atom stereocenters. The maximum Gasteiger partial charge on any atom is 0.308 e. The van der Waals surface area contributed by atoms with Crippen LogP contribution >= 0.6 is 0 Å². The lowest BCUT2D eigenvalue weighted by atomic mass is 10.5. The molecule has 0 aliphatic carbocycles. The minimum atomic E-state index is -0.251. The molecule has 15 heteroatoms. The van der Waals surface area contributed by atoms with Crippen molar-refractivity contribution in [1.29, 1.82) is 0 Å². The van der Waals surface area contributed by atoms with Crippen LogP contribution < -0.4 is 5.32 Å². The van der Waals surface area contributed by atoms with Gasteiger partial charge in [-0.2, -0.15) is 0 Å². The zero-order chi connectivity index (χ0) is 32.6. The highest BCUT2D eigenvalue weighted by Gasteiger charge is 2.01. The fourth-order valence-corrected chi connectivity index (χ4v) is 3.08. The van der Waals surface area contributed by atoms with Crippen LogP contribution in [0.4, 0.5) is 0 Å². The zero-order valence-electron chi connectivity index (χ0n) is 27.8. The van der Waals surface area contributed by atoms with Crippen molar-refractivity contribution >= 4 is 5.97 Å². The van der Waals surface area contributed by atoms with E-state index in [2.05, 4.69) is 5.32 Å². The van der Waals surface area contributed by atoms with Crippen molar-refractivity contribution in [2.24, 2.45) is 0 Å². The molecular weight excluding hydrogens is 598 g/mol. The topological polar surface area (TPSA) is 149 Å². The highest BCUT2D eigenvalue weighted by atomic mass is 16.6. The Bertz CT molecular complexity index is 565. The first-order valence-electron chi connectivity index (χ1n) is 16.0. The molecule has 0 radical (unpaired) electrons. The van der Waals surface area contributed by atoms with Crippen LogP contribution in [0.25, 0.3) is 0 Å². The van der Waals surface area contributed by atoms with Gasteiger partial charge in [0, 0.05) is 6.54 Å². The Labute approximate surface area is 270 Å². The average molecular weight is 660 g/mol. The van der Waals surface area contributed by atoms with Crippen LogP contribution in [0.2, 0.25) is 0 Å². The van der Waals surface area contributed by atoms with Gasteiger partial charge in [-0.15, -0.1) is 0 Å². The number of esters is 1. The molecule has 0 amide bonds. The summed E-state index contributed by atoms with van der Waals surface area (Å²) < 4.78 is 69.9. The second-order valence-electron chi connectivity index (χ2n) is 9.01. The second-order valence-corrected chi connectivity index (χ2v) is 9.01. The van der Waals surface area contributed by atoms with Crippen LogP contribution in [0.5, 0.6) is 0 Å². The molecule has 45 heavy (non-hydrogen) atoms. The van der Waals surface area contributed by atoms with Gasteiger partial charge in [-0.25, -0.2) is 0 Å². The monoisotopic (exact) mass is 659 g/mol. The van der Waals surface area contributed by atoms with E-state index in [0.717, 1.165) is 6.54 Å². The quantitative estimate of drug-likeness (QED) is 0.0712. The molecule has 0 aromatic heterocycles. The van der Waals surface area contributed by atoms with Crippen molar-refractivity contribution < 1.29 is 66.4 Å². The number of hydrogen-bond donors (Lipinski definition) is 1. The highest BCUT2D eigenvalue weighted by Crippen LogP contribution is 1.90. The minimum Gasteiger partial charge on any atom is -0.466 e. The van der Waals surface area contributed by atoms with E-state index in [9.17, 15) is 4.79 Å². The Hall–Kier alpha value is -1.05. The summed E-state index contributed by atoms with van der Waals surface area (Å²) in [5.41, 5.74) is 0. The first-order valence-corrected chi connectivity index (χ1v) is 16.0. The predicted molar refractivity (Wildman–Crippen MR) is 165 cm³/mol. The fraction of sp³-hybridized carbons (Fsp3) is 0.967. The molecule has 0 aliphatic heterocycles. The number of likely N-dealkylation sites (N-methyl/N-ethyl adjacent to an activating group) is 1. The third-order valence-corrected chi connectivity index (χ3v) is 5.34. The van der Waals surface area contributed by atoms with Crippen LogP contribution in [0.3, 0.4) is 0 Å². The lowest BCUT2D eigenvalue weighted by Crippen LogP contribution is -2.17. The van der Waals surface area contributed by atoms with Gasteiger partial charge in [-0.3, -0.25) is 4.79 Å². The molecule has 0 saturated carbocycles. The summed E-state index contributed by atoms with van der Waals surface area (Å²) in [5.74, 6) is -0.251. The fourth-order valence-electron chi connectivity index (χ4n) is 3.08. The van der Waals surface area contributed by atoms with Gasteiger partial charge in [-0.1, -0.05) is 0 Å². The van der Waals surface area contributed by atoms with Crippen molar-refractivity contribution in [3.63, 3.8) is 0 Å². The van der Waals surface area contributed by atoms with E-state index in [0.29, 0.717) is 165 Å². The summed E-state index contributed by atoms with van der Waals surface area (Å²) in [7, 11) is 1.89. The van der Waals surface area contributed by atoms with Gasteiger partial charge in [0.2, 0.25) is 0 Å². The number of hydrogen-bond acceptors (Lipinski definition) is 15. The SMILES string of the molecule is CCOC(=O)CCOCCOCCOCCOCCOCCOCCOCCOCCOCCOCCOCCOCCNC. The van der Waals surface area contributed by atoms with E-state index in [1.807, 2.05) is 7.05 Å². The van der Waals surface area contributed by atoms with Gasteiger partial charge in [0.15, 0.2) is 0 Å². The molecule has 0 unspecified atom stereocenters. The van der Waals surface area contributed by atoms with E-state index >= 15 is 0 Å². The third-order valence-electron chi connectivity index (χ3n) is 5.34. The highest BCUT2D eigenvalue weighted by molar-refractivity contribution is 5.69. The van der Waals surface area contributed by atoms with Crippen molar-refractivity contribution in [1.82, 2.24) is 5.32 Å². The lowest BCUT2D eigenvalue weighted by molar-refractivity contribution is -0.144. The van der Waals surface area contributed by atoms with Crippen LogP contribution in [-0.2, 0) is 66.4 Å². The number of carbonyl (C=O) groups excluding carboxylic acids is 1. The summed E-state index contributed by atoms with van der Waals surface area (Å²) in [6.07, 6.45) is 0.256. The summed E-state index contributed by atoms with van der Waals surface area (Å²) >= 11 is 0. The Morgan fingerprint density at radius 3 is 0.822 bits per heavy atom. The van der Waals surface area contributed by atoms with Crippen LogP contribution in [0, 0.1) is 0 Å². The molecule has 1 N–H and O–H groups in total. The normalized spacial score (nSPS) is 11.4. The predicted octanol–water partition coefficient (Wildman–Crippen LogP) is 0.358. The maximum absolute atomic E-state index is 11.1. The maximum atomic E-state index is 11.1. The molecule has 0 rings (SSSR count). The number of nitrogens with one attached hydrogen (secondary N) is 1. The molecule has 0 heterocycles. The molecule has 0 aliphatic rings. The van der Waals surface area contributed by atoms with E-state index in [4.69, 9.17) is 61.6 Å². The summed E-state index contributed by atoms with van der Waals surface area (Å²) in [4.78, 5) is 11.1. The molecule has 0 fully saturated rings. The molecule has 0 aromatic carbocycles. The molecule has 0 bridgehead atoms. The van der Waals surface area contributed by atoms with E-state index in [1.54, 1.807) is 6.92 Å². The molecular formula is C30H61NO14. The van der Waals surface area contributed by atoms with Crippen LogP contribution in [0.1, 0.15) is 13.3 Å². The van der Waals surface area contributed by atoms with Crippen LogP contribution in [-0.4, -0.2) is 185 Å². The molecule has 0 aromatic rings. The van der Waals surface area contributed by atoms with E-state index < -0.39 is 0 Å². The van der Waals surface area contributed by atoms with Crippen molar-refractivity contribution in [3.8, 4) is 0 Å². The Balaban J connectivity index is 3.05.